The lowest BCUT2D eigenvalue weighted by Crippen LogP contribution is -2.12. The Hall–Kier alpha value is -1.67. The molecule has 3 N–H and O–H groups in total. The van der Waals surface area contributed by atoms with Gasteiger partial charge in [-0.25, -0.2) is 8.42 Å². The second-order valence-corrected chi connectivity index (χ2v) is 7.52. The summed E-state index contributed by atoms with van der Waals surface area (Å²) in [5, 5.41) is 3.65. The van der Waals surface area contributed by atoms with Gasteiger partial charge in [-0.15, -0.1) is 0 Å². The van der Waals surface area contributed by atoms with Gasteiger partial charge in [0.1, 0.15) is 9.90 Å². The molecule has 6 nitrogen and oxygen atoms in total. The van der Waals surface area contributed by atoms with Crippen LogP contribution in [0.5, 0.6) is 0 Å². The standard InChI is InChI=1S/C13H18N4O2S2/c1-3-7-21(18,19)11-12(14)17-20-13(11)16-9(2)10-5-4-6-15-8-10/h4-6,8-9,16H,3,7H2,1-2H3,(H2,14,17). The van der Waals surface area contributed by atoms with E-state index in [9.17, 15) is 8.42 Å². The predicted octanol–water partition coefficient (Wildman–Crippen LogP) is 2.48. The lowest BCUT2D eigenvalue weighted by Gasteiger charge is -2.15. The van der Waals surface area contributed by atoms with Crippen LogP contribution in [0.3, 0.4) is 0 Å². The molecule has 1 unspecified atom stereocenters. The van der Waals surface area contributed by atoms with Crippen LogP contribution in [-0.4, -0.2) is 23.5 Å². The Balaban J connectivity index is 2.30. The molecular weight excluding hydrogens is 308 g/mol. The van der Waals surface area contributed by atoms with E-state index in [0.717, 1.165) is 17.1 Å². The number of hydrogen-bond acceptors (Lipinski definition) is 7. The Morgan fingerprint density at radius 3 is 2.86 bits per heavy atom. The van der Waals surface area contributed by atoms with Crippen molar-refractivity contribution in [3.8, 4) is 0 Å². The van der Waals surface area contributed by atoms with E-state index in [1.165, 1.54) is 0 Å². The minimum atomic E-state index is -3.41. The van der Waals surface area contributed by atoms with Crippen LogP contribution in [-0.2, 0) is 9.84 Å². The summed E-state index contributed by atoms with van der Waals surface area (Å²) < 4.78 is 28.5. The average molecular weight is 326 g/mol. The third-order valence-electron chi connectivity index (χ3n) is 2.99. The number of aromatic nitrogens is 2. The summed E-state index contributed by atoms with van der Waals surface area (Å²) in [6.45, 7) is 3.75. The summed E-state index contributed by atoms with van der Waals surface area (Å²) in [6.07, 6.45) is 3.97. The molecule has 0 radical (unpaired) electrons. The summed E-state index contributed by atoms with van der Waals surface area (Å²) in [6, 6.07) is 3.67. The molecule has 8 heteroatoms. The molecule has 2 aromatic rings. The van der Waals surface area contributed by atoms with Crippen molar-refractivity contribution in [2.45, 2.75) is 31.2 Å². The molecule has 0 aliphatic carbocycles. The van der Waals surface area contributed by atoms with E-state index in [0.29, 0.717) is 11.4 Å². The van der Waals surface area contributed by atoms with Crippen LogP contribution in [0.1, 0.15) is 31.9 Å². The number of pyridine rings is 1. The molecule has 2 rings (SSSR count). The molecular formula is C13H18N4O2S2. The van der Waals surface area contributed by atoms with Gasteiger partial charge in [0.25, 0.3) is 0 Å². The highest BCUT2D eigenvalue weighted by atomic mass is 32.2. The van der Waals surface area contributed by atoms with Gasteiger partial charge in [0.05, 0.1) is 11.8 Å². The molecule has 0 bridgehead atoms. The zero-order chi connectivity index (χ0) is 15.5. The van der Waals surface area contributed by atoms with E-state index in [1.807, 2.05) is 26.0 Å². The smallest absolute Gasteiger partial charge is 0.185 e. The molecule has 0 aliphatic rings. The van der Waals surface area contributed by atoms with Crippen molar-refractivity contribution in [3.63, 3.8) is 0 Å². The van der Waals surface area contributed by atoms with Crippen molar-refractivity contribution in [3.05, 3.63) is 30.1 Å². The fraction of sp³-hybridized carbons (Fsp3) is 0.385. The number of rotatable bonds is 6. The molecule has 0 saturated carbocycles. The maximum atomic E-state index is 12.3. The number of nitrogens with two attached hydrogens (primary N) is 1. The first-order valence-electron chi connectivity index (χ1n) is 6.60. The topological polar surface area (TPSA) is 98.0 Å². The molecule has 0 saturated heterocycles. The quantitative estimate of drug-likeness (QED) is 0.846. The zero-order valence-electron chi connectivity index (χ0n) is 11.9. The Bertz CT molecular complexity index is 698. The predicted molar refractivity (Wildman–Crippen MR) is 85.1 cm³/mol. The Morgan fingerprint density at radius 1 is 1.48 bits per heavy atom. The fourth-order valence-electron chi connectivity index (χ4n) is 1.97. The molecule has 0 aromatic carbocycles. The molecule has 0 amide bonds. The maximum absolute atomic E-state index is 12.3. The van der Waals surface area contributed by atoms with Gasteiger partial charge >= 0.3 is 0 Å². The van der Waals surface area contributed by atoms with Crippen LogP contribution in [0.2, 0.25) is 0 Å². The number of sulfone groups is 1. The second-order valence-electron chi connectivity index (χ2n) is 4.70. The summed E-state index contributed by atoms with van der Waals surface area (Å²) >= 11 is 1.07. The molecule has 114 valence electrons. The maximum Gasteiger partial charge on any atom is 0.185 e. The van der Waals surface area contributed by atoms with E-state index >= 15 is 0 Å². The highest BCUT2D eigenvalue weighted by Gasteiger charge is 2.25. The van der Waals surface area contributed by atoms with Gasteiger partial charge in [0.2, 0.25) is 0 Å². The van der Waals surface area contributed by atoms with E-state index in [1.54, 1.807) is 12.4 Å². The van der Waals surface area contributed by atoms with Crippen molar-refractivity contribution in [2.24, 2.45) is 0 Å². The summed E-state index contributed by atoms with van der Waals surface area (Å²) in [7, 11) is -3.41. The van der Waals surface area contributed by atoms with E-state index in [2.05, 4.69) is 14.7 Å². The van der Waals surface area contributed by atoms with Gasteiger partial charge in [0.15, 0.2) is 15.7 Å². The molecule has 2 heterocycles. The lowest BCUT2D eigenvalue weighted by atomic mass is 10.1. The SMILES string of the molecule is CCCS(=O)(=O)c1c(N)nsc1NC(C)c1cccnc1. The van der Waals surface area contributed by atoms with Gasteiger partial charge in [0, 0.05) is 12.4 Å². The van der Waals surface area contributed by atoms with Crippen LogP contribution in [0.25, 0.3) is 0 Å². The van der Waals surface area contributed by atoms with Gasteiger partial charge in [-0.1, -0.05) is 13.0 Å². The third kappa shape index (κ3) is 3.51. The first-order chi connectivity index (χ1) is 9.95. The number of nitrogen functional groups attached to an aromatic ring is 1. The molecule has 2 aromatic heterocycles. The van der Waals surface area contributed by atoms with Gasteiger partial charge in [-0.2, -0.15) is 4.37 Å². The molecule has 0 aliphatic heterocycles. The first-order valence-corrected chi connectivity index (χ1v) is 9.02. The largest absolute Gasteiger partial charge is 0.382 e. The Morgan fingerprint density at radius 2 is 2.24 bits per heavy atom. The molecule has 0 spiro atoms. The van der Waals surface area contributed by atoms with Gasteiger partial charge in [-0.3, -0.25) is 4.98 Å². The first kappa shape index (κ1) is 15.7. The van der Waals surface area contributed by atoms with E-state index < -0.39 is 9.84 Å². The van der Waals surface area contributed by atoms with Crippen LogP contribution in [0.4, 0.5) is 10.8 Å². The van der Waals surface area contributed by atoms with Crippen molar-refractivity contribution < 1.29 is 8.42 Å². The monoisotopic (exact) mass is 326 g/mol. The van der Waals surface area contributed by atoms with Crippen LogP contribution < -0.4 is 11.1 Å². The summed E-state index contributed by atoms with van der Waals surface area (Å²) in [5.74, 6) is 0.125. The van der Waals surface area contributed by atoms with Crippen molar-refractivity contribution in [1.29, 1.82) is 0 Å². The molecule has 0 fully saturated rings. The highest BCUT2D eigenvalue weighted by Crippen LogP contribution is 2.34. The Kier molecular flexibility index (Phi) is 4.79. The van der Waals surface area contributed by atoms with Crippen LogP contribution in [0.15, 0.2) is 29.4 Å². The van der Waals surface area contributed by atoms with Gasteiger partial charge < -0.3 is 11.1 Å². The van der Waals surface area contributed by atoms with Crippen LogP contribution >= 0.6 is 11.5 Å². The normalized spacial score (nSPS) is 13.0. The lowest BCUT2D eigenvalue weighted by molar-refractivity contribution is 0.595. The van der Waals surface area contributed by atoms with Crippen molar-refractivity contribution >= 4 is 32.2 Å². The number of nitrogens with one attached hydrogen (secondary N) is 1. The van der Waals surface area contributed by atoms with E-state index in [4.69, 9.17) is 5.73 Å². The summed E-state index contributed by atoms with van der Waals surface area (Å²) in [5.41, 5.74) is 6.70. The average Bonchev–Trinajstić information content (AvgIpc) is 2.81. The number of nitrogens with zero attached hydrogens (tertiary/aromatic N) is 2. The molecule has 1 atom stereocenters. The minimum Gasteiger partial charge on any atom is -0.382 e. The molecule has 21 heavy (non-hydrogen) atoms. The number of hydrogen-bond donors (Lipinski definition) is 2. The fourth-order valence-corrected chi connectivity index (χ4v) is 4.67. The van der Waals surface area contributed by atoms with Crippen molar-refractivity contribution in [2.75, 3.05) is 16.8 Å². The van der Waals surface area contributed by atoms with E-state index in [-0.39, 0.29) is 22.5 Å². The summed E-state index contributed by atoms with van der Waals surface area (Å²) in [4.78, 5) is 4.17. The third-order valence-corrected chi connectivity index (χ3v) is 5.89. The second kappa shape index (κ2) is 6.40. The van der Waals surface area contributed by atoms with Crippen molar-refractivity contribution in [1.82, 2.24) is 9.36 Å². The number of anilines is 2. The highest BCUT2D eigenvalue weighted by molar-refractivity contribution is 7.91. The Labute approximate surface area is 128 Å². The minimum absolute atomic E-state index is 0.0611. The zero-order valence-corrected chi connectivity index (χ0v) is 13.5. The van der Waals surface area contributed by atoms with Crippen LogP contribution in [0, 0.1) is 0 Å². The van der Waals surface area contributed by atoms with Gasteiger partial charge in [-0.05, 0) is 36.5 Å².